The molecule has 0 radical (unpaired) electrons. The average molecular weight is 442 g/mol. The van der Waals surface area contributed by atoms with Gasteiger partial charge in [0.2, 0.25) is 5.91 Å². The molecular formula is C23H24F2N4O3. The fraction of sp³-hybridized carbons (Fsp3) is 0.348. The molecule has 2 fully saturated rings. The van der Waals surface area contributed by atoms with Gasteiger partial charge in [0.05, 0.1) is 0 Å². The molecule has 0 saturated carbocycles. The first-order chi connectivity index (χ1) is 15.3. The Bertz CT molecular complexity index is 1040. The number of piperazine rings is 1. The summed E-state index contributed by atoms with van der Waals surface area (Å²) in [7, 11) is 0. The van der Waals surface area contributed by atoms with Crippen molar-refractivity contribution in [1.82, 2.24) is 20.0 Å². The zero-order valence-electron chi connectivity index (χ0n) is 17.7. The Morgan fingerprint density at radius 3 is 2.41 bits per heavy atom. The van der Waals surface area contributed by atoms with Gasteiger partial charge in [-0.25, -0.2) is 13.6 Å². The number of nitrogens with one attached hydrogen (secondary N) is 1. The van der Waals surface area contributed by atoms with E-state index in [1.165, 1.54) is 12.5 Å². The lowest BCUT2D eigenvalue weighted by atomic mass is 9.91. The Morgan fingerprint density at radius 2 is 1.72 bits per heavy atom. The topological polar surface area (TPSA) is 73.0 Å². The minimum absolute atomic E-state index is 0.277. The zero-order valence-corrected chi connectivity index (χ0v) is 17.7. The molecule has 1 unspecified atom stereocenters. The van der Waals surface area contributed by atoms with Crippen molar-refractivity contribution in [2.24, 2.45) is 0 Å². The number of rotatable bonds is 5. The number of amides is 4. The van der Waals surface area contributed by atoms with Crippen LogP contribution in [-0.2, 0) is 21.7 Å². The van der Waals surface area contributed by atoms with E-state index in [4.69, 9.17) is 0 Å². The van der Waals surface area contributed by atoms with Gasteiger partial charge in [0.1, 0.15) is 23.7 Å². The zero-order chi connectivity index (χ0) is 22.9. The highest BCUT2D eigenvalue weighted by Gasteiger charge is 2.51. The molecule has 1 atom stereocenters. The van der Waals surface area contributed by atoms with Crippen LogP contribution < -0.4 is 5.32 Å². The Kier molecular flexibility index (Phi) is 5.92. The standard InChI is InChI=1S/C23H24F2N4O3/c1-23(18-13-17(24)7-8-19(18)25)21(31)29(22(32)26-23)15-20(30)28-11-9-27(10-12-28)14-16-5-3-2-4-6-16/h2-8,13H,9-12,14-15H2,1H3,(H,26,32). The molecule has 2 heterocycles. The van der Waals surface area contributed by atoms with Gasteiger partial charge in [-0.2, -0.15) is 0 Å². The summed E-state index contributed by atoms with van der Waals surface area (Å²) in [5.74, 6) is -2.70. The number of imide groups is 1. The molecule has 7 nitrogen and oxygen atoms in total. The second-order valence-corrected chi connectivity index (χ2v) is 8.21. The van der Waals surface area contributed by atoms with Crippen molar-refractivity contribution >= 4 is 17.8 Å². The highest BCUT2D eigenvalue weighted by Crippen LogP contribution is 2.31. The molecule has 2 aliphatic rings. The molecule has 1 N–H and O–H groups in total. The third-order valence-corrected chi connectivity index (χ3v) is 6.01. The lowest BCUT2D eigenvalue weighted by Gasteiger charge is -2.35. The lowest BCUT2D eigenvalue weighted by Crippen LogP contribution is -2.51. The Hall–Kier alpha value is -3.33. The first-order valence-corrected chi connectivity index (χ1v) is 10.4. The van der Waals surface area contributed by atoms with Gasteiger partial charge in [0.25, 0.3) is 5.91 Å². The summed E-state index contributed by atoms with van der Waals surface area (Å²) in [6.45, 7) is 3.94. The number of carbonyl (C=O) groups is 3. The summed E-state index contributed by atoms with van der Waals surface area (Å²) in [4.78, 5) is 42.8. The molecule has 32 heavy (non-hydrogen) atoms. The van der Waals surface area contributed by atoms with Crippen molar-refractivity contribution in [2.75, 3.05) is 32.7 Å². The van der Waals surface area contributed by atoms with E-state index in [0.29, 0.717) is 26.2 Å². The van der Waals surface area contributed by atoms with E-state index in [-0.39, 0.29) is 11.5 Å². The molecule has 4 rings (SSSR count). The summed E-state index contributed by atoms with van der Waals surface area (Å²) in [6, 6.07) is 11.9. The van der Waals surface area contributed by atoms with Crippen LogP contribution in [0.1, 0.15) is 18.1 Å². The summed E-state index contributed by atoms with van der Waals surface area (Å²) < 4.78 is 27.9. The van der Waals surface area contributed by atoms with Crippen LogP contribution in [0.25, 0.3) is 0 Å². The SMILES string of the molecule is CC1(c2cc(F)ccc2F)NC(=O)N(CC(=O)N2CCN(Cc3ccccc3)CC2)C1=O. The average Bonchev–Trinajstić information content (AvgIpc) is 3.00. The van der Waals surface area contributed by atoms with Gasteiger partial charge >= 0.3 is 6.03 Å². The molecular weight excluding hydrogens is 418 g/mol. The van der Waals surface area contributed by atoms with Crippen molar-refractivity contribution in [2.45, 2.75) is 19.0 Å². The van der Waals surface area contributed by atoms with E-state index in [2.05, 4.69) is 10.2 Å². The van der Waals surface area contributed by atoms with Gasteiger partial charge < -0.3 is 10.2 Å². The summed E-state index contributed by atoms with van der Waals surface area (Å²) >= 11 is 0. The number of carbonyl (C=O) groups excluding carboxylic acids is 3. The van der Waals surface area contributed by atoms with Gasteiger partial charge in [-0.1, -0.05) is 30.3 Å². The van der Waals surface area contributed by atoms with Gasteiger partial charge in [-0.05, 0) is 30.7 Å². The fourth-order valence-electron chi connectivity index (χ4n) is 4.14. The Labute approximate surface area is 184 Å². The molecule has 2 aliphatic heterocycles. The number of hydrogen-bond donors (Lipinski definition) is 1. The molecule has 0 spiro atoms. The maximum Gasteiger partial charge on any atom is 0.325 e. The molecule has 4 amide bonds. The number of nitrogens with zero attached hydrogens (tertiary/aromatic N) is 3. The molecule has 2 aromatic rings. The lowest BCUT2D eigenvalue weighted by molar-refractivity contribution is -0.140. The van der Waals surface area contributed by atoms with Crippen molar-refractivity contribution in [3.63, 3.8) is 0 Å². The summed E-state index contributed by atoms with van der Waals surface area (Å²) in [5, 5.41) is 2.41. The number of halogens is 2. The van der Waals surface area contributed by atoms with Gasteiger partial charge in [-0.3, -0.25) is 19.4 Å². The largest absolute Gasteiger partial charge is 0.339 e. The summed E-state index contributed by atoms with van der Waals surface area (Å²) in [5.41, 5.74) is -0.867. The fourth-order valence-corrected chi connectivity index (χ4v) is 4.14. The smallest absolute Gasteiger partial charge is 0.325 e. The second-order valence-electron chi connectivity index (χ2n) is 8.21. The van der Waals surface area contributed by atoms with Crippen LogP contribution in [0, 0.1) is 11.6 Å². The van der Waals surface area contributed by atoms with Gasteiger partial charge in [-0.15, -0.1) is 0 Å². The van der Waals surface area contributed by atoms with E-state index in [1.807, 2.05) is 30.3 Å². The molecule has 2 aromatic carbocycles. The minimum atomic E-state index is -1.78. The van der Waals surface area contributed by atoms with Crippen molar-refractivity contribution in [3.05, 3.63) is 71.3 Å². The maximum atomic E-state index is 14.3. The quantitative estimate of drug-likeness (QED) is 0.720. The number of benzene rings is 2. The molecule has 0 bridgehead atoms. The van der Waals surface area contributed by atoms with Crippen LogP contribution in [0.3, 0.4) is 0 Å². The molecule has 2 saturated heterocycles. The van der Waals surface area contributed by atoms with Crippen LogP contribution >= 0.6 is 0 Å². The molecule has 0 aromatic heterocycles. The van der Waals surface area contributed by atoms with E-state index < -0.39 is 35.7 Å². The van der Waals surface area contributed by atoms with Crippen LogP contribution in [0.5, 0.6) is 0 Å². The normalized spacial score (nSPS) is 21.7. The second kappa shape index (κ2) is 8.66. The third kappa shape index (κ3) is 4.20. The highest BCUT2D eigenvalue weighted by molar-refractivity contribution is 6.09. The van der Waals surface area contributed by atoms with Gasteiger partial charge in [0, 0.05) is 38.3 Å². The Balaban J connectivity index is 1.38. The van der Waals surface area contributed by atoms with E-state index in [0.717, 1.165) is 29.6 Å². The molecule has 9 heteroatoms. The maximum absolute atomic E-state index is 14.3. The van der Waals surface area contributed by atoms with Crippen molar-refractivity contribution < 1.29 is 23.2 Å². The predicted molar refractivity (Wildman–Crippen MR) is 112 cm³/mol. The first kappa shape index (κ1) is 21.9. The van der Waals surface area contributed by atoms with Gasteiger partial charge in [0.15, 0.2) is 0 Å². The third-order valence-electron chi connectivity index (χ3n) is 6.01. The van der Waals surface area contributed by atoms with Crippen LogP contribution in [0.15, 0.2) is 48.5 Å². The van der Waals surface area contributed by atoms with Crippen molar-refractivity contribution in [3.8, 4) is 0 Å². The molecule has 0 aliphatic carbocycles. The van der Waals surface area contributed by atoms with Crippen LogP contribution in [-0.4, -0.2) is 65.3 Å². The highest BCUT2D eigenvalue weighted by atomic mass is 19.1. The number of hydrogen-bond acceptors (Lipinski definition) is 4. The molecule has 168 valence electrons. The first-order valence-electron chi connectivity index (χ1n) is 10.4. The van der Waals surface area contributed by atoms with Crippen LogP contribution in [0.2, 0.25) is 0 Å². The predicted octanol–water partition coefficient (Wildman–Crippen LogP) is 2.08. The summed E-state index contributed by atoms with van der Waals surface area (Å²) in [6.07, 6.45) is 0. The minimum Gasteiger partial charge on any atom is -0.339 e. The Morgan fingerprint density at radius 1 is 1.03 bits per heavy atom. The van der Waals surface area contributed by atoms with Crippen LogP contribution in [0.4, 0.5) is 13.6 Å². The van der Waals surface area contributed by atoms with E-state index in [1.54, 1.807) is 4.90 Å². The monoisotopic (exact) mass is 442 g/mol. The van der Waals surface area contributed by atoms with E-state index >= 15 is 0 Å². The van der Waals surface area contributed by atoms with E-state index in [9.17, 15) is 23.2 Å². The number of urea groups is 1. The van der Waals surface area contributed by atoms with Crippen molar-refractivity contribution in [1.29, 1.82) is 0 Å².